The molecule has 1 rings (SSSR count). The fraction of sp³-hybridized carbons (Fsp3) is 0.786. The van der Waals surface area contributed by atoms with Gasteiger partial charge >= 0.3 is 0 Å². The van der Waals surface area contributed by atoms with Gasteiger partial charge in [0, 0.05) is 11.0 Å². The van der Waals surface area contributed by atoms with Gasteiger partial charge in [-0.1, -0.05) is 19.9 Å². The van der Waals surface area contributed by atoms with Crippen LogP contribution in [-0.4, -0.2) is 11.4 Å². The van der Waals surface area contributed by atoms with Gasteiger partial charge in [0.1, 0.15) is 0 Å². The van der Waals surface area contributed by atoms with Gasteiger partial charge in [-0.05, 0) is 45.4 Å². The summed E-state index contributed by atoms with van der Waals surface area (Å²) in [7, 11) is 0. The summed E-state index contributed by atoms with van der Waals surface area (Å²) < 4.78 is 0. The lowest BCUT2D eigenvalue weighted by molar-refractivity contribution is -0.131. The molecular weight excluding hydrogens is 198 g/mol. The van der Waals surface area contributed by atoms with Crippen molar-refractivity contribution in [2.24, 2.45) is 17.3 Å². The Morgan fingerprint density at radius 2 is 2.00 bits per heavy atom. The van der Waals surface area contributed by atoms with Crippen LogP contribution in [0.15, 0.2) is 12.7 Å². The van der Waals surface area contributed by atoms with E-state index >= 15 is 0 Å². The largest absolute Gasteiger partial charge is 0.351 e. The lowest BCUT2D eigenvalue weighted by Crippen LogP contribution is -2.47. The summed E-state index contributed by atoms with van der Waals surface area (Å²) in [5.74, 6) is 1.24. The van der Waals surface area contributed by atoms with E-state index in [4.69, 9.17) is 0 Å². The number of nitrogens with one attached hydrogen (secondary N) is 1. The molecule has 1 amide bonds. The van der Waals surface area contributed by atoms with Crippen molar-refractivity contribution in [3.8, 4) is 0 Å². The second-order valence-corrected chi connectivity index (χ2v) is 6.55. The first-order chi connectivity index (χ1) is 7.18. The second-order valence-electron chi connectivity index (χ2n) is 6.55. The summed E-state index contributed by atoms with van der Waals surface area (Å²) in [6.07, 6.45) is 3.89. The molecule has 92 valence electrons. The lowest BCUT2D eigenvalue weighted by Gasteiger charge is -2.29. The molecule has 0 aromatic heterocycles. The molecule has 0 aromatic rings. The van der Waals surface area contributed by atoms with E-state index in [0.29, 0.717) is 11.8 Å². The molecule has 0 heterocycles. The molecule has 1 aliphatic rings. The zero-order chi connectivity index (χ0) is 12.6. The first kappa shape index (κ1) is 13.3. The van der Waals surface area contributed by atoms with Crippen molar-refractivity contribution in [1.29, 1.82) is 0 Å². The molecule has 2 nitrogen and oxygen atoms in total. The van der Waals surface area contributed by atoms with Crippen molar-refractivity contribution in [1.82, 2.24) is 5.32 Å². The summed E-state index contributed by atoms with van der Waals surface area (Å²) in [4.78, 5) is 12.2. The molecule has 0 bridgehead atoms. The second kappa shape index (κ2) is 4.23. The fourth-order valence-corrected chi connectivity index (χ4v) is 2.66. The summed E-state index contributed by atoms with van der Waals surface area (Å²) in [6, 6.07) is 0. The van der Waals surface area contributed by atoms with Crippen LogP contribution in [0.25, 0.3) is 0 Å². The Kier molecular flexibility index (Phi) is 3.51. The van der Waals surface area contributed by atoms with Crippen molar-refractivity contribution >= 4 is 5.91 Å². The minimum absolute atomic E-state index is 0.143. The molecule has 0 aliphatic heterocycles. The molecule has 2 heteroatoms. The van der Waals surface area contributed by atoms with Gasteiger partial charge in [0.15, 0.2) is 0 Å². The van der Waals surface area contributed by atoms with Crippen molar-refractivity contribution in [3.63, 3.8) is 0 Å². The smallest absolute Gasteiger partial charge is 0.226 e. The third-order valence-electron chi connectivity index (χ3n) is 3.53. The monoisotopic (exact) mass is 223 g/mol. The predicted molar refractivity (Wildman–Crippen MR) is 68.1 cm³/mol. The summed E-state index contributed by atoms with van der Waals surface area (Å²) >= 11 is 0. The van der Waals surface area contributed by atoms with E-state index in [9.17, 15) is 4.79 Å². The van der Waals surface area contributed by atoms with Gasteiger partial charge < -0.3 is 5.32 Å². The average Bonchev–Trinajstić information content (AvgIpc) is 2.40. The lowest BCUT2D eigenvalue weighted by atomic mass is 9.85. The predicted octanol–water partition coefficient (Wildman–Crippen LogP) is 3.14. The number of carbonyl (C=O) groups is 1. The minimum Gasteiger partial charge on any atom is -0.351 e. The van der Waals surface area contributed by atoms with Gasteiger partial charge in [0.2, 0.25) is 5.91 Å². The number of amides is 1. The van der Waals surface area contributed by atoms with Crippen molar-refractivity contribution in [2.45, 2.75) is 53.0 Å². The SMILES string of the molecule is C=C[C@H]1C[C@](C)(C(=O)NC(C)(C)C)C[C@@H]1C. The Morgan fingerprint density at radius 3 is 2.38 bits per heavy atom. The normalized spacial score (nSPS) is 34.8. The first-order valence-electron chi connectivity index (χ1n) is 6.13. The van der Waals surface area contributed by atoms with E-state index in [1.807, 2.05) is 26.8 Å². The molecule has 0 saturated heterocycles. The highest BCUT2D eigenvalue weighted by molar-refractivity contribution is 5.83. The molecule has 16 heavy (non-hydrogen) atoms. The van der Waals surface area contributed by atoms with Crippen LogP contribution in [0, 0.1) is 17.3 Å². The quantitative estimate of drug-likeness (QED) is 0.716. The van der Waals surface area contributed by atoms with Gasteiger partial charge in [-0.15, -0.1) is 6.58 Å². The topological polar surface area (TPSA) is 29.1 Å². The number of allylic oxidation sites excluding steroid dienone is 1. The summed E-state index contributed by atoms with van der Waals surface area (Å²) in [5.41, 5.74) is -0.360. The third-order valence-corrected chi connectivity index (χ3v) is 3.53. The Labute approximate surface area is 99.5 Å². The van der Waals surface area contributed by atoms with E-state index in [1.54, 1.807) is 0 Å². The van der Waals surface area contributed by atoms with E-state index < -0.39 is 0 Å². The maximum absolute atomic E-state index is 12.2. The molecule has 1 aliphatic carbocycles. The van der Waals surface area contributed by atoms with Crippen molar-refractivity contribution in [3.05, 3.63) is 12.7 Å². The Morgan fingerprint density at radius 1 is 1.44 bits per heavy atom. The van der Waals surface area contributed by atoms with E-state index in [2.05, 4.69) is 25.7 Å². The molecule has 3 atom stereocenters. The van der Waals surface area contributed by atoms with Crippen molar-refractivity contribution < 1.29 is 4.79 Å². The van der Waals surface area contributed by atoms with Gasteiger partial charge in [0.05, 0.1) is 0 Å². The van der Waals surface area contributed by atoms with Crippen LogP contribution in [-0.2, 0) is 4.79 Å². The number of hydrogen-bond donors (Lipinski definition) is 1. The maximum atomic E-state index is 12.2. The van der Waals surface area contributed by atoms with Crippen LogP contribution in [0.4, 0.5) is 0 Å². The van der Waals surface area contributed by atoms with Gasteiger partial charge in [-0.3, -0.25) is 4.79 Å². The van der Waals surface area contributed by atoms with Crippen LogP contribution in [0.5, 0.6) is 0 Å². The number of carbonyl (C=O) groups excluding carboxylic acids is 1. The van der Waals surface area contributed by atoms with Crippen LogP contribution in [0.3, 0.4) is 0 Å². The van der Waals surface area contributed by atoms with E-state index in [-0.39, 0.29) is 16.9 Å². The van der Waals surface area contributed by atoms with Crippen LogP contribution >= 0.6 is 0 Å². The van der Waals surface area contributed by atoms with Crippen LogP contribution in [0.2, 0.25) is 0 Å². The fourth-order valence-electron chi connectivity index (χ4n) is 2.66. The third kappa shape index (κ3) is 2.87. The van der Waals surface area contributed by atoms with E-state index in [0.717, 1.165) is 12.8 Å². The number of hydrogen-bond acceptors (Lipinski definition) is 1. The summed E-state index contributed by atoms with van der Waals surface area (Å²) in [5, 5.41) is 3.09. The number of rotatable bonds is 2. The maximum Gasteiger partial charge on any atom is 0.226 e. The minimum atomic E-state index is -0.217. The Hall–Kier alpha value is -0.790. The standard InChI is InChI=1S/C14H25NO/c1-7-11-9-14(6,8-10(11)2)12(16)15-13(3,4)5/h7,10-11H,1,8-9H2,2-6H3,(H,15,16)/t10-,11-,14+/m0/s1. The van der Waals surface area contributed by atoms with Crippen LogP contribution in [0.1, 0.15) is 47.5 Å². The Bertz CT molecular complexity index is 290. The molecular formula is C14H25NO. The zero-order valence-electron chi connectivity index (χ0n) is 11.3. The molecule has 0 radical (unpaired) electrons. The Balaban J connectivity index is 2.73. The van der Waals surface area contributed by atoms with Crippen LogP contribution < -0.4 is 5.32 Å². The molecule has 0 spiro atoms. The highest BCUT2D eigenvalue weighted by Gasteiger charge is 2.44. The van der Waals surface area contributed by atoms with E-state index in [1.165, 1.54) is 0 Å². The first-order valence-corrected chi connectivity index (χ1v) is 6.13. The van der Waals surface area contributed by atoms with Crippen molar-refractivity contribution in [2.75, 3.05) is 0 Å². The molecule has 1 N–H and O–H groups in total. The highest BCUT2D eigenvalue weighted by Crippen LogP contribution is 2.46. The molecule has 0 aromatic carbocycles. The highest BCUT2D eigenvalue weighted by atomic mass is 16.2. The zero-order valence-corrected chi connectivity index (χ0v) is 11.3. The van der Waals surface area contributed by atoms with Gasteiger partial charge in [-0.2, -0.15) is 0 Å². The average molecular weight is 223 g/mol. The summed E-state index contributed by atoms with van der Waals surface area (Å²) in [6.45, 7) is 14.2. The van der Waals surface area contributed by atoms with Gasteiger partial charge in [0.25, 0.3) is 0 Å². The van der Waals surface area contributed by atoms with Gasteiger partial charge in [-0.25, -0.2) is 0 Å². The molecule has 1 saturated carbocycles. The molecule has 0 unspecified atom stereocenters. The molecule has 1 fully saturated rings.